The first-order valence-electron chi connectivity index (χ1n) is 6.81. The van der Waals surface area contributed by atoms with Crippen LogP contribution in [0.1, 0.15) is 12.5 Å². The van der Waals surface area contributed by atoms with Crippen LogP contribution in [-0.4, -0.2) is 37.8 Å². The second-order valence-electron chi connectivity index (χ2n) is 5.10. The molecule has 0 bridgehead atoms. The van der Waals surface area contributed by atoms with Gasteiger partial charge in [-0.3, -0.25) is 4.68 Å². The Morgan fingerprint density at radius 2 is 2.19 bits per heavy atom. The van der Waals surface area contributed by atoms with Crippen molar-refractivity contribution < 1.29 is 0 Å². The van der Waals surface area contributed by atoms with Gasteiger partial charge in [0.25, 0.3) is 0 Å². The Balaban J connectivity index is 1.65. The summed E-state index contributed by atoms with van der Waals surface area (Å²) in [5, 5.41) is 5.39. The van der Waals surface area contributed by atoms with Gasteiger partial charge in [-0.15, -0.1) is 0 Å². The van der Waals surface area contributed by atoms with Crippen LogP contribution in [0.4, 0.5) is 5.82 Å². The van der Waals surface area contributed by atoms with Gasteiger partial charge in [-0.25, -0.2) is 15.0 Å². The van der Waals surface area contributed by atoms with Crippen molar-refractivity contribution in [1.29, 1.82) is 0 Å². The SMILES string of the molecule is Brc1cnn(C2CCN(c3ncnc4ncccc34)C2)c1. The molecule has 1 aliphatic rings. The van der Waals surface area contributed by atoms with Crippen molar-refractivity contribution in [2.24, 2.45) is 0 Å². The average Bonchev–Trinajstić information content (AvgIpc) is 3.15. The predicted molar refractivity (Wildman–Crippen MR) is 83.1 cm³/mol. The van der Waals surface area contributed by atoms with Crippen LogP contribution < -0.4 is 4.90 Å². The molecule has 21 heavy (non-hydrogen) atoms. The lowest BCUT2D eigenvalue weighted by atomic mass is 10.3. The minimum Gasteiger partial charge on any atom is -0.354 e. The van der Waals surface area contributed by atoms with E-state index < -0.39 is 0 Å². The number of fused-ring (bicyclic) bond motifs is 1. The molecule has 1 aliphatic heterocycles. The highest BCUT2D eigenvalue weighted by Crippen LogP contribution is 2.29. The molecule has 3 aromatic heterocycles. The number of halogens is 1. The normalized spacial score (nSPS) is 18.5. The first-order valence-corrected chi connectivity index (χ1v) is 7.61. The van der Waals surface area contributed by atoms with Crippen LogP contribution in [0.25, 0.3) is 11.0 Å². The zero-order chi connectivity index (χ0) is 14.2. The van der Waals surface area contributed by atoms with Gasteiger partial charge in [-0.1, -0.05) is 0 Å². The summed E-state index contributed by atoms with van der Waals surface area (Å²) in [5.41, 5.74) is 0.743. The quantitative estimate of drug-likeness (QED) is 0.714. The van der Waals surface area contributed by atoms with E-state index in [0.29, 0.717) is 6.04 Å². The summed E-state index contributed by atoms with van der Waals surface area (Å²) in [6, 6.07) is 4.32. The number of anilines is 1. The molecule has 0 aliphatic carbocycles. The average molecular weight is 345 g/mol. The highest BCUT2D eigenvalue weighted by molar-refractivity contribution is 9.10. The molecule has 4 heterocycles. The van der Waals surface area contributed by atoms with E-state index in [1.165, 1.54) is 0 Å². The third-order valence-corrected chi connectivity index (χ3v) is 4.20. The van der Waals surface area contributed by atoms with Gasteiger partial charge in [0.1, 0.15) is 12.1 Å². The van der Waals surface area contributed by atoms with Gasteiger partial charge in [0.15, 0.2) is 5.65 Å². The van der Waals surface area contributed by atoms with Gasteiger partial charge in [-0.05, 0) is 34.5 Å². The monoisotopic (exact) mass is 344 g/mol. The maximum atomic E-state index is 4.46. The lowest BCUT2D eigenvalue weighted by molar-refractivity contribution is 0.494. The van der Waals surface area contributed by atoms with Gasteiger partial charge >= 0.3 is 0 Å². The summed E-state index contributed by atoms with van der Waals surface area (Å²) in [4.78, 5) is 15.3. The number of hydrogen-bond donors (Lipinski definition) is 0. The summed E-state index contributed by atoms with van der Waals surface area (Å²) in [7, 11) is 0. The Bertz CT molecular complexity index is 780. The molecule has 3 aromatic rings. The zero-order valence-electron chi connectivity index (χ0n) is 11.2. The van der Waals surface area contributed by atoms with Crippen molar-refractivity contribution in [1.82, 2.24) is 24.7 Å². The third kappa shape index (κ3) is 2.27. The van der Waals surface area contributed by atoms with Crippen molar-refractivity contribution in [3.05, 3.63) is 41.5 Å². The Kier molecular flexibility index (Phi) is 3.07. The molecular weight excluding hydrogens is 332 g/mol. The van der Waals surface area contributed by atoms with E-state index in [4.69, 9.17) is 0 Å². The second-order valence-corrected chi connectivity index (χ2v) is 6.01. The molecule has 1 atom stereocenters. The zero-order valence-corrected chi connectivity index (χ0v) is 12.8. The highest BCUT2D eigenvalue weighted by atomic mass is 79.9. The smallest absolute Gasteiger partial charge is 0.164 e. The summed E-state index contributed by atoms with van der Waals surface area (Å²) in [6.45, 7) is 1.86. The Morgan fingerprint density at radius 1 is 1.24 bits per heavy atom. The van der Waals surface area contributed by atoms with Gasteiger partial charge in [0.05, 0.1) is 22.1 Å². The Labute approximate surface area is 130 Å². The molecule has 1 fully saturated rings. The molecule has 7 heteroatoms. The first-order chi connectivity index (χ1) is 10.3. The molecule has 0 N–H and O–H groups in total. The molecule has 1 saturated heterocycles. The molecule has 1 unspecified atom stereocenters. The van der Waals surface area contributed by atoms with Crippen LogP contribution in [-0.2, 0) is 0 Å². The number of nitrogens with zero attached hydrogens (tertiary/aromatic N) is 6. The number of pyridine rings is 1. The van der Waals surface area contributed by atoms with E-state index in [2.05, 4.69) is 40.9 Å². The number of hydrogen-bond acceptors (Lipinski definition) is 5. The molecule has 0 radical (unpaired) electrons. The lowest BCUT2D eigenvalue weighted by Gasteiger charge is -2.18. The van der Waals surface area contributed by atoms with E-state index in [9.17, 15) is 0 Å². The van der Waals surface area contributed by atoms with Crippen LogP contribution in [0, 0.1) is 0 Å². The Morgan fingerprint density at radius 3 is 3.05 bits per heavy atom. The van der Waals surface area contributed by atoms with Crippen molar-refractivity contribution in [3.8, 4) is 0 Å². The molecule has 0 amide bonds. The first kappa shape index (κ1) is 12.7. The van der Waals surface area contributed by atoms with Crippen molar-refractivity contribution in [2.45, 2.75) is 12.5 Å². The van der Waals surface area contributed by atoms with E-state index >= 15 is 0 Å². The number of aromatic nitrogens is 5. The summed E-state index contributed by atoms with van der Waals surface area (Å²) < 4.78 is 3.03. The maximum absolute atomic E-state index is 4.46. The molecule has 4 rings (SSSR count). The van der Waals surface area contributed by atoms with Gasteiger partial charge in [0, 0.05) is 25.5 Å². The molecule has 0 aromatic carbocycles. The van der Waals surface area contributed by atoms with Crippen LogP contribution in [0.15, 0.2) is 41.5 Å². The van der Waals surface area contributed by atoms with Crippen molar-refractivity contribution in [3.63, 3.8) is 0 Å². The minimum atomic E-state index is 0.373. The molecule has 0 saturated carbocycles. The van der Waals surface area contributed by atoms with Crippen LogP contribution in [0.2, 0.25) is 0 Å². The predicted octanol–water partition coefficient (Wildman–Crippen LogP) is 2.44. The highest BCUT2D eigenvalue weighted by Gasteiger charge is 2.26. The number of rotatable bonds is 2. The fourth-order valence-corrected chi connectivity index (χ4v) is 3.10. The lowest BCUT2D eigenvalue weighted by Crippen LogP contribution is -2.22. The second kappa shape index (κ2) is 5.07. The topological polar surface area (TPSA) is 59.7 Å². The minimum absolute atomic E-state index is 0.373. The Hall–Kier alpha value is -2.02. The van der Waals surface area contributed by atoms with Gasteiger partial charge in [0.2, 0.25) is 0 Å². The summed E-state index contributed by atoms with van der Waals surface area (Å²) >= 11 is 3.45. The standard InChI is InChI=1S/C14H13BrN6/c15-10-6-19-21(7-10)11-3-5-20(8-11)14-12-2-1-4-16-13(12)17-9-18-14/h1-2,4,6-7,9,11H,3,5,8H2. The van der Waals surface area contributed by atoms with Gasteiger partial charge < -0.3 is 4.90 Å². The maximum Gasteiger partial charge on any atom is 0.164 e. The van der Waals surface area contributed by atoms with Crippen molar-refractivity contribution in [2.75, 3.05) is 18.0 Å². The largest absolute Gasteiger partial charge is 0.354 e. The van der Waals surface area contributed by atoms with Crippen molar-refractivity contribution >= 4 is 32.8 Å². The molecular formula is C14H13BrN6. The third-order valence-electron chi connectivity index (χ3n) is 3.79. The molecule has 6 nitrogen and oxygen atoms in total. The summed E-state index contributed by atoms with van der Waals surface area (Å²) in [6.07, 6.45) is 8.25. The molecule has 0 spiro atoms. The fraction of sp³-hybridized carbons (Fsp3) is 0.286. The van der Waals surface area contributed by atoms with Gasteiger partial charge in [-0.2, -0.15) is 5.10 Å². The van der Waals surface area contributed by atoms with Crippen LogP contribution in [0.5, 0.6) is 0 Å². The van der Waals surface area contributed by atoms with E-state index in [-0.39, 0.29) is 0 Å². The summed E-state index contributed by atoms with van der Waals surface area (Å²) in [5.74, 6) is 0.960. The van der Waals surface area contributed by atoms with E-state index in [1.807, 2.05) is 29.2 Å². The fourth-order valence-electron chi connectivity index (χ4n) is 2.80. The van der Waals surface area contributed by atoms with Crippen LogP contribution in [0.3, 0.4) is 0 Å². The van der Waals surface area contributed by atoms with E-state index in [0.717, 1.165) is 40.8 Å². The molecule has 106 valence electrons. The van der Waals surface area contributed by atoms with E-state index in [1.54, 1.807) is 12.5 Å². The van der Waals surface area contributed by atoms with Crippen LogP contribution >= 0.6 is 15.9 Å².